The van der Waals surface area contributed by atoms with Gasteiger partial charge in [-0.15, -0.1) is 23.2 Å². The summed E-state index contributed by atoms with van der Waals surface area (Å²) in [7, 11) is 0. The third-order valence-corrected chi connectivity index (χ3v) is 2.00. The minimum atomic E-state index is -1.02. The number of alkyl halides is 3. The Kier molecular flexibility index (Phi) is 3.74. The molecule has 0 aliphatic rings. The lowest BCUT2D eigenvalue weighted by Gasteiger charge is -2.11. The average molecular weight is 159 g/mol. The van der Waals surface area contributed by atoms with Crippen molar-refractivity contribution in [3.8, 4) is 0 Å². The van der Waals surface area contributed by atoms with Crippen molar-refractivity contribution in [1.82, 2.24) is 0 Å². The van der Waals surface area contributed by atoms with Gasteiger partial charge in [0.25, 0.3) is 0 Å². The predicted molar refractivity (Wildman–Crippen MR) is 35.5 cm³/mol. The molecule has 0 aliphatic heterocycles. The Labute approximate surface area is 59.0 Å². The van der Waals surface area contributed by atoms with E-state index in [9.17, 15) is 4.39 Å². The molecule has 0 amide bonds. The Hall–Kier alpha value is 0.510. The Morgan fingerprint density at radius 3 is 1.62 bits per heavy atom. The van der Waals surface area contributed by atoms with Crippen molar-refractivity contribution in [3.63, 3.8) is 0 Å². The Morgan fingerprint density at radius 1 is 1.25 bits per heavy atom. The molecule has 0 aromatic rings. The highest BCUT2D eigenvalue weighted by atomic mass is 35.5. The fourth-order valence-corrected chi connectivity index (χ4v) is 0.566. The number of hydrogen-bond acceptors (Lipinski definition) is 0. The third kappa shape index (κ3) is 2.73. The molecule has 0 bridgehead atoms. The van der Waals surface area contributed by atoms with Gasteiger partial charge in [0, 0.05) is 5.38 Å². The minimum Gasteiger partial charge on any atom is -0.246 e. The standard InChI is InChI=1S/C5H9Cl2F/c1-3(6)5(7)4(2)8/h3-5H,1-2H3. The van der Waals surface area contributed by atoms with Crippen LogP contribution in [0, 0.1) is 0 Å². The first-order chi connectivity index (χ1) is 3.55. The largest absolute Gasteiger partial charge is 0.246 e. The van der Waals surface area contributed by atoms with Crippen molar-refractivity contribution in [1.29, 1.82) is 0 Å². The summed E-state index contributed by atoms with van der Waals surface area (Å²) in [5.74, 6) is 0. The maximum absolute atomic E-state index is 12.1. The quantitative estimate of drug-likeness (QED) is 0.543. The second kappa shape index (κ2) is 3.52. The van der Waals surface area contributed by atoms with E-state index in [1.54, 1.807) is 6.92 Å². The third-order valence-electron chi connectivity index (χ3n) is 0.878. The van der Waals surface area contributed by atoms with Crippen LogP contribution in [0.1, 0.15) is 13.8 Å². The average Bonchev–Trinajstić information content (AvgIpc) is 1.64. The second-order valence-corrected chi connectivity index (χ2v) is 2.99. The molecule has 0 spiro atoms. The van der Waals surface area contributed by atoms with E-state index in [0.29, 0.717) is 0 Å². The van der Waals surface area contributed by atoms with Crippen LogP contribution in [-0.2, 0) is 0 Å². The Bertz CT molecular complexity index is 55.4. The molecular weight excluding hydrogens is 150 g/mol. The minimum absolute atomic E-state index is 0.295. The van der Waals surface area contributed by atoms with Gasteiger partial charge >= 0.3 is 0 Å². The van der Waals surface area contributed by atoms with E-state index in [0.717, 1.165) is 0 Å². The normalized spacial score (nSPS) is 22.1. The van der Waals surface area contributed by atoms with Crippen LogP contribution in [-0.4, -0.2) is 16.9 Å². The lowest BCUT2D eigenvalue weighted by Crippen LogP contribution is -2.20. The molecule has 0 rings (SSSR count). The molecule has 0 aliphatic carbocycles. The van der Waals surface area contributed by atoms with Gasteiger partial charge in [-0.3, -0.25) is 0 Å². The maximum Gasteiger partial charge on any atom is 0.115 e. The smallest absolute Gasteiger partial charge is 0.115 e. The van der Waals surface area contributed by atoms with Crippen LogP contribution in [0.15, 0.2) is 0 Å². The van der Waals surface area contributed by atoms with Gasteiger partial charge in [0.1, 0.15) is 6.17 Å². The van der Waals surface area contributed by atoms with Crippen LogP contribution >= 0.6 is 23.2 Å². The van der Waals surface area contributed by atoms with Crippen LogP contribution in [0.5, 0.6) is 0 Å². The molecule has 50 valence electrons. The van der Waals surface area contributed by atoms with Crippen LogP contribution in [0.25, 0.3) is 0 Å². The SMILES string of the molecule is CC(F)C(Cl)C(C)Cl. The van der Waals surface area contributed by atoms with Gasteiger partial charge in [0.05, 0.1) is 5.38 Å². The summed E-state index contributed by atoms with van der Waals surface area (Å²) in [4.78, 5) is 0. The van der Waals surface area contributed by atoms with Crippen molar-refractivity contribution in [3.05, 3.63) is 0 Å². The molecule has 0 nitrogen and oxygen atoms in total. The number of rotatable bonds is 2. The van der Waals surface area contributed by atoms with Gasteiger partial charge in [0.15, 0.2) is 0 Å². The van der Waals surface area contributed by atoms with Crippen molar-refractivity contribution in [2.45, 2.75) is 30.8 Å². The zero-order chi connectivity index (χ0) is 6.73. The van der Waals surface area contributed by atoms with Gasteiger partial charge in [-0.05, 0) is 13.8 Å². The fraction of sp³-hybridized carbons (Fsp3) is 1.00. The molecule has 0 saturated heterocycles. The van der Waals surface area contributed by atoms with Crippen LogP contribution < -0.4 is 0 Å². The molecule has 3 heteroatoms. The van der Waals surface area contributed by atoms with Crippen molar-refractivity contribution in [2.24, 2.45) is 0 Å². The summed E-state index contributed by atoms with van der Waals surface area (Å²) in [5.41, 5.74) is 0. The van der Waals surface area contributed by atoms with Crippen molar-refractivity contribution < 1.29 is 4.39 Å². The Balaban J connectivity index is 3.46. The molecule has 0 radical (unpaired) electrons. The molecule has 8 heavy (non-hydrogen) atoms. The molecule has 3 unspecified atom stereocenters. The van der Waals surface area contributed by atoms with Gasteiger partial charge < -0.3 is 0 Å². The topological polar surface area (TPSA) is 0 Å². The van der Waals surface area contributed by atoms with Gasteiger partial charge in [0.2, 0.25) is 0 Å². The van der Waals surface area contributed by atoms with E-state index >= 15 is 0 Å². The van der Waals surface area contributed by atoms with Gasteiger partial charge in [-0.25, -0.2) is 4.39 Å². The summed E-state index contributed by atoms with van der Waals surface area (Å²) in [6, 6.07) is 0. The van der Waals surface area contributed by atoms with Crippen molar-refractivity contribution in [2.75, 3.05) is 0 Å². The lowest BCUT2D eigenvalue weighted by atomic mass is 10.2. The summed E-state index contributed by atoms with van der Waals surface area (Å²) < 4.78 is 12.1. The van der Waals surface area contributed by atoms with Crippen LogP contribution in [0.2, 0.25) is 0 Å². The monoisotopic (exact) mass is 158 g/mol. The van der Waals surface area contributed by atoms with E-state index in [4.69, 9.17) is 23.2 Å². The highest BCUT2D eigenvalue weighted by Crippen LogP contribution is 2.14. The van der Waals surface area contributed by atoms with E-state index < -0.39 is 11.5 Å². The molecule has 0 aromatic heterocycles. The van der Waals surface area contributed by atoms with E-state index in [1.807, 2.05) is 0 Å². The van der Waals surface area contributed by atoms with E-state index in [1.165, 1.54) is 6.92 Å². The Morgan fingerprint density at radius 2 is 1.62 bits per heavy atom. The summed E-state index contributed by atoms with van der Waals surface area (Å²) in [6.07, 6.45) is -1.02. The number of hydrogen-bond donors (Lipinski definition) is 0. The molecule has 0 aromatic carbocycles. The highest BCUT2D eigenvalue weighted by molar-refractivity contribution is 6.30. The molecule has 0 fully saturated rings. The number of halogens is 3. The zero-order valence-electron chi connectivity index (χ0n) is 4.87. The maximum atomic E-state index is 12.1. The molecule has 0 N–H and O–H groups in total. The first-order valence-corrected chi connectivity index (χ1v) is 3.35. The summed E-state index contributed by atoms with van der Waals surface area (Å²) >= 11 is 10.9. The van der Waals surface area contributed by atoms with Crippen molar-refractivity contribution >= 4 is 23.2 Å². The predicted octanol–water partition coefficient (Wildman–Crippen LogP) is 2.58. The second-order valence-electron chi connectivity index (χ2n) is 1.80. The van der Waals surface area contributed by atoms with Gasteiger partial charge in [-0.2, -0.15) is 0 Å². The van der Waals surface area contributed by atoms with Crippen LogP contribution in [0.3, 0.4) is 0 Å². The summed E-state index contributed by atoms with van der Waals surface area (Å²) in [5, 5.41) is -0.853. The van der Waals surface area contributed by atoms with Crippen LogP contribution in [0.4, 0.5) is 4.39 Å². The highest BCUT2D eigenvalue weighted by Gasteiger charge is 2.17. The zero-order valence-corrected chi connectivity index (χ0v) is 6.38. The molecule has 0 saturated carbocycles. The first kappa shape index (κ1) is 8.51. The molecular formula is C5H9Cl2F. The molecule has 3 atom stereocenters. The van der Waals surface area contributed by atoms with E-state index in [-0.39, 0.29) is 5.38 Å². The van der Waals surface area contributed by atoms with Gasteiger partial charge in [-0.1, -0.05) is 0 Å². The lowest BCUT2D eigenvalue weighted by molar-refractivity contribution is 0.346. The first-order valence-electron chi connectivity index (χ1n) is 2.48. The summed E-state index contributed by atoms with van der Waals surface area (Å²) in [6.45, 7) is 3.08. The molecule has 0 heterocycles. The fourth-order valence-electron chi connectivity index (χ4n) is 0.365. The van der Waals surface area contributed by atoms with E-state index in [2.05, 4.69) is 0 Å².